The van der Waals surface area contributed by atoms with Crippen molar-refractivity contribution in [3.05, 3.63) is 70.6 Å². The molecule has 0 radical (unpaired) electrons. The van der Waals surface area contributed by atoms with Gasteiger partial charge in [0.25, 0.3) is 0 Å². The summed E-state index contributed by atoms with van der Waals surface area (Å²) in [7, 11) is -3.07. The Balaban J connectivity index is 2.45. The van der Waals surface area contributed by atoms with Crippen molar-refractivity contribution in [3.8, 4) is 0 Å². The maximum absolute atomic E-state index is 12.3. The third-order valence-corrected chi connectivity index (χ3v) is 4.46. The number of hydrogen-bond acceptors (Lipinski definition) is 3. The molecule has 19 heavy (non-hydrogen) atoms. The molecule has 0 saturated carbocycles. The zero-order chi connectivity index (χ0) is 13.9. The van der Waals surface area contributed by atoms with E-state index >= 15 is 0 Å². The Morgan fingerprint density at radius 1 is 1.11 bits per heavy atom. The Kier molecular flexibility index (Phi) is 3.93. The molecular weight excluding hydrogens is 280 g/mol. The van der Waals surface area contributed by atoms with Crippen molar-refractivity contribution in [3.63, 3.8) is 0 Å². The second-order valence-electron chi connectivity index (χ2n) is 3.97. The number of nitrogens with two attached hydrogens (primary N) is 1. The zero-order valence-electron chi connectivity index (χ0n) is 10.0. The van der Waals surface area contributed by atoms with Gasteiger partial charge in [-0.05, 0) is 18.2 Å². The first-order chi connectivity index (χ1) is 9.00. The number of benzene rings is 2. The number of hydrogen-bond donors (Lipinski definition) is 2. The van der Waals surface area contributed by atoms with Crippen LogP contribution in [0.3, 0.4) is 0 Å². The average molecular weight is 293 g/mol. The summed E-state index contributed by atoms with van der Waals surface area (Å²) in [5.74, 6) is 0. The van der Waals surface area contributed by atoms with E-state index in [1.165, 1.54) is 5.41 Å². The van der Waals surface area contributed by atoms with Crippen molar-refractivity contribution < 1.29 is 4.21 Å². The van der Waals surface area contributed by atoms with Crippen LogP contribution < -0.4 is 5.73 Å². The summed E-state index contributed by atoms with van der Waals surface area (Å²) in [5.41, 5.74) is 6.73. The second-order valence-corrected chi connectivity index (χ2v) is 6.28. The van der Waals surface area contributed by atoms with E-state index < -0.39 is 9.73 Å². The number of rotatable bonds is 3. The van der Waals surface area contributed by atoms with Crippen molar-refractivity contribution in [1.82, 2.24) is 0 Å². The normalized spacial score (nSPS) is 14.9. The van der Waals surface area contributed by atoms with E-state index in [9.17, 15) is 4.21 Å². The van der Waals surface area contributed by atoms with Gasteiger partial charge in [-0.3, -0.25) is 0 Å². The van der Waals surface area contributed by atoms with Crippen molar-refractivity contribution in [2.24, 2.45) is 5.73 Å². The summed E-state index contributed by atoms with van der Waals surface area (Å²) in [5, 5.41) is 1.73. The van der Waals surface area contributed by atoms with E-state index in [-0.39, 0.29) is 5.70 Å². The highest BCUT2D eigenvalue weighted by atomic mass is 35.5. The molecular formula is C14H13ClN2OS. The highest BCUT2D eigenvalue weighted by molar-refractivity contribution is 7.95. The largest absolute Gasteiger partial charge is 0.398 e. The van der Waals surface area contributed by atoms with Crippen molar-refractivity contribution in [1.29, 1.82) is 4.78 Å². The molecule has 0 saturated heterocycles. The highest BCUT2D eigenvalue weighted by Gasteiger charge is 2.09. The second kappa shape index (κ2) is 5.47. The van der Waals surface area contributed by atoms with Gasteiger partial charge in [-0.2, -0.15) is 0 Å². The summed E-state index contributed by atoms with van der Waals surface area (Å²) in [6.45, 7) is 0. The van der Waals surface area contributed by atoms with E-state index in [1.54, 1.807) is 54.6 Å². The highest BCUT2D eigenvalue weighted by Crippen LogP contribution is 2.23. The van der Waals surface area contributed by atoms with Gasteiger partial charge in [0.1, 0.15) is 0 Å². The quantitative estimate of drug-likeness (QED) is 0.905. The van der Waals surface area contributed by atoms with Gasteiger partial charge in [-0.1, -0.05) is 48.0 Å². The van der Waals surface area contributed by atoms with E-state index in [4.69, 9.17) is 22.1 Å². The third kappa shape index (κ3) is 3.16. The topological polar surface area (TPSA) is 66.9 Å². The molecule has 2 rings (SSSR count). The Hall–Kier alpha value is -1.78. The van der Waals surface area contributed by atoms with Gasteiger partial charge in [-0.25, -0.2) is 8.99 Å². The molecule has 1 unspecified atom stereocenters. The Morgan fingerprint density at radius 2 is 1.68 bits per heavy atom. The van der Waals surface area contributed by atoms with Crippen LogP contribution in [-0.4, -0.2) is 4.21 Å². The molecule has 0 fully saturated rings. The Labute approximate surface area is 117 Å². The molecule has 0 aliphatic carbocycles. The molecule has 3 N–H and O–H groups in total. The monoisotopic (exact) mass is 292 g/mol. The van der Waals surface area contributed by atoms with Crippen LogP contribution >= 0.6 is 11.6 Å². The molecule has 1 atom stereocenters. The van der Waals surface area contributed by atoms with Gasteiger partial charge in [0.05, 0.1) is 20.3 Å². The molecule has 0 aromatic heterocycles. The lowest BCUT2D eigenvalue weighted by atomic mass is 10.2. The summed E-state index contributed by atoms with van der Waals surface area (Å²) < 4.78 is 20.3. The molecule has 2 aromatic rings. The summed E-state index contributed by atoms with van der Waals surface area (Å²) >= 11 is 6.02. The molecule has 98 valence electrons. The van der Waals surface area contributed by atoms with E-state index in [2.05, 4.69) is 0 Å². The molecule has 2 aromatic carbocycles. The standard InChI is InChI=1S/C14H13ClN2OS/c15-13-9-5-4-8-12(13)14(16)10-19(17,18)11-6-2-1-3-7-11/h1-10,17H,16H2/b14-10+. The van der Waals surface area contributed by atoms with Crippen molar-refractivity contribution in [2.45, 2.75) is 4.90 Å². The number of nitrogens with one attached hydrogen (secondary N) is 1. The minimum atomic E-state index is -3.07. The fourth-order valence-corrected chi connectivity index (χ4v) is 3.06. The molecule has 0 bridgehead atoms. The minimum Gasteiger partial charge on any atom is -0.398 e. The van der Waals surface area contributed by atoms with Gasteiger partial charge in [0.2, 0.25) is 0 Å². The average Bonchev–Trinajstić information content (AvgIpc) is 2.39. The van der Waals surface area contributed by atoms with Gasteiger partial charge < -0.3 is 5.73 Å². The molecule has 0 aliphatic rings. The summed E-state index contributed by atoms with van der Waals surface area (Å²) in [6, 6.07) is 15.6. The number of halogens is 1. The summed E-state index contributed by atoms with van der Waals surface area (Å²) in [6.07, 6.45) is 0. The van der Waals surface area contributed by atoms with Gasteiger partial charge in [0, 0.05) is 16.0 Å². The van der Waals surface area contributed by atoms with Crippen LogP contribution in [0.5, 0.6) is 0 Å². The van der Waals surface area contributed by atoms with Crippen molar-refractivity contribution in [2.75, 3.05) is 0 Å². The lowest BCUT2D eigenvalue weighted by Gasteiger charge is -2.07. The molecule has 0 amide bonds. The molecule has 5 heteroatoms. The van der Waals surface area contributed by atoms with Crippen LogP contribution in [0, 0.1) is 4.78 Å². The van der Waals surface area contributed by atoms with Crippen LogP contribution in [0.4, 0.5) is 0 Å². The third-order valence-electron chi connectivity index (χ3n) is 2.57. The summed E-state index contributed by atoms with van der Waals surface area (Å²) in [4.78, 5) is 0.421. The fourth-order valence-electron chi connectivity index (χ4n) is 1.63. The van der Waals surface area contributed by atoms with Crippen LogP contribution in [-0.2, 0) is 9.73 Å². The predicted octanol–water partition coefficient (Wildman–Crippen LogP) is 3.70. The van der Waals surface area contributed by atoms with Crippen LogP contribution in [0.25, 0.3) is 5.70 Å². The van der Waals surface area contributed by atoms with Gasteiger partial charge in [0.15, 0.2) is 0 Å². The van der Waals surface area contributed by atoms with Gasteiger partial charge in [-0.15, -0.1) is 0 Å². The SMILES string of the molecule is N=S(=O)(/C=C(/N)c1ccccc1Cl)c1ccccc1. The van der Waals surface area contributed by atoms with Crippen LogP contribution in [0.1, 0.15) is 5.56 Å². The Bertz CT molecular complexity index is 709. The first-order valence-corrected chi connectivity index (χ1v) is 7.56. The van der Waals surface area contributed by atoms with Crippen LogP contribution in [0.2, 0.25) is 5.02 Å². The molecule has 0 aliphatic heterocycles. The first-order valence-electron chi connectivity index (χ1n) is 5.56. The molecule has 0 heterocycles. The molecule has 0 spiro atoms. The smallest absolute Gasteiger partial charge is 0.0963 e. The van der Waals surface area contributed by atoms with Crippen LogP contribution in [0.15, 0.2) is 64.9 Å². The molecule has 3 nitrogen and oxygen atoms in total. The van der Waals surface area contributed by atoms with Crippen molar-refractivity contribution >= 4 is 27.0 Å². The fraction of sp³-hybridized carbons (Fsp3) is 0. The van der Waals surface area contributed by atoms with E-state index in [0.29, 0.717) is 15.5 Å². The maximum Gasteiger partial charge on any atom is 0.0963 e. The lowest BCUT2D eigenvalue weighted by Crippen LogP contribution is -2.02. The predicted molar refractivity (Wildman–Crippen MR) is 79.2 cm³/mol. The first kappa shape index (κ1) is 13.6. The maximum atomic E-state index is 12.3. The van der Waals surface area contributed by atoms with Gasteiger partial charge >= 0.3 is 0 Å². The zero-order valence-corrected chi connectivity index (χ0v) is 11.6. The minimum absolute atomic E-state index is 0.245. The van der Waals surface area contributed by atoms with E-state index in [1.807, 2.05) is 0 Å². The lowest BCUT2D eigenvalue weighted by molar-refractivity contribution is 0.681. The Morgan fingerprint density at radius 3 is 2.32 bits per heavy atom. The van der Waals surface area contributed by atoms with E-state index in [0.717, 1.165) is 0 Å².